The molecule has 0 saturated carbocycles. The number of hydrogen-bond acceptors (Lipinski definition) is 4. The van der Waals surface area contributed by atoms with Gasteiger partial charge in [0.2, 0.25) is 0 Å². The van der Waals surface area contributed by atoms with Crippen molar-refractivity contribution in [2.45, 2.75) is 6.54 Å². The number of rotatable bonds is 4. The van der Waals surface area contributed by atoms with Gasteiger partial charge in [-0.2, -0.15) is 0 Å². The third-order valence-corrected chi connectivity index (χ3v) is 2.72. The summed E-state index contributed by atoms with van der Waals surface area (Å²) >= 11 is 0. The predicted molar refractivity (Wildman–Crippen MR) is 73.8 cm³/mol. The van der Waals surface area contributed by atoms with Crippen molar-refractivity contribution in [1.82, 2.24) is 4.98 Å². The molecule has 0 amide bonds. The van der Waals surface area contributed by atoms with E-state index in [2.05, 4.69) is 9.88 Å². The number of methoxy groups -OCH3 is 1. The van der Waals surface area contributed by atoms with E-state index in [0.29, 0.717) is 12.4 Å². The number of nitrogens with zero attached hydrogens (tertiary/aromatic N) is 2. The summed E-state index contributed by atoms with van der Waals surface area (Å²) in [5.41, 5.74) is 7.70. The molecule has 2 aromatic rings. The highest BCUT2D eigenvalue weighted by Gasteiger charge is 2.04. The molecular formula is C14H17N3O. The number of pyridine rings is 1. The lowest BCUT2D eigenvalue weighted by molar-refractivity contribution is 0.415. The molecule has 0 unspecified atom stereocenters. The lowest BCUT2D eigenvalue weighted by atomic mass is 10.2. The van der Waals surface area contributed by atoms with Crippen molar-refractivity contribution >= 4 is 11.5 Å². The number of ether oxygens (including phenoxy) is 1. The first kappa shape index (κ1) is 12.2. The summed E-state index contributed by atoms with van der Waals surface area (Å²) in [5.74, 6) is 1.39. The molecule has 1 heterocycles. The molecule has 0 atom stereocenters. The monoisotopic (exact) mass is 243 g/mol. The van der Waals surface area contributed by atoms with Gasteiger partial charge < -0.3 is 15.4 Å². The average Bonchev–Trinajstić information content (AvgIpc) is 2.39. The largest absolute Gasteiger partial charge is 0.497 e. The van der Waals surface area contributed by atoms with Gasteiger partial charge >= 0.3 is 0 Å². The molecule has 1 aromatic carbocycles. The van der Waals surface area contributed by atoms with E-state index in [0.717, 1.165) is 17.1 Å². The fraction of sp³-hybridized carbons (Fsp3) is 0.214. The van der Waals surface area contributed by atoms with Gasteiger partial charge in [0.15, 0.2) is 0 Å². The molecule has 2 rings (SSSR count). The minimum Gasteiger partial charge on any atom is -0.497 e. The number of anilines is 2. The first-order valence-corrected chi connectivity index (χ1v) is 5.75. The minimum absolute atomic E-state index is 0.548. The topological polar surface area (TPSA) is 51.4 Å². The Bertz CT molecular complexity index is 528. The van der Waals surface area contributed by atoms with Crippen LogP contribution in [0.5, 0.6) is 5.75 Å². The van der Waals surface area contributed by atoms with Crippen molar-refractivity contribution in [3.05, 3.63) is 48.2 Å². The van der Waals surface area contributed by atoms with Crippen LogP contribution in [-0.2, 0) is 6.54 Å². The molecule has 0 radical (unpaired) electrons. The van der Waals surface area contributed by atoms with Gasteiger partial charge in [0.1, 0.15) is 11.6 Å². The van der Waals surface area contributed by atoms with Gasteiger partial charge in [-0.05, 0) is 24.3 Å². The predicted octanol–water partition coefficient (Wildman–Crippen LogP) is 2.31. The standard InChI is InChI=1S/C14H17N3O/c1-17(10-11-5-3-8-14(15)16-11)12-6-4-7-13(9-12)18-2/h3-9H,10H2,1-2H3,(H2,15,16). The average molecular weight is 243 g/mol. The van der Waals surface area contributed by atoms with Crippen molar-refractivity contribution in [2.75, 3.05) is 24.8 Å². The molecule has 0 aliphatic heterocycles. The zero-order valence-corrected chi connectivity index (χ0v) is 10.6. The Morgan fingerprint density at radius 2 is 2.00 bits per heavy atom. The van der Waals surface area contributed by atoms with Crippen LogP contribution in [0.4, 0.5) is 11.5 Å². The molecule has 1 aromatic heterocycles. The Morgan fingerprint density at radius 1 is 1.22 bits per heavy atom. The van der Waals surface area contributed by atoms with E-state index in [1.165, 1.54) is 0 Å². The molecule has 0 fully saturated rings. The first-order valence-electron chi connectivity index (χ1n) is 5.75. The first-order chi connectivity index (χ1) is 8.69. The van der Waals surface area contributed by atoms with Crippen LogP contribution in [-0.4, -0.2) is 19.1 Å². The summed E-state index contributed by atoms with van der Waals surface area (Å²) in [4.78, 5) is 6.39. The second-order valence-electron chi connectivity index (χ2n) is 4.11. The van der Waals surface area contributed by atoms with Gasteiger partial charge in [0.25, 0.3) is 0 Å². The fourth-order valence-corrected chi connectivity index (χ4v) is 1.77. The molecule has 0 aliphatic carbocycles. The highest BCUT2D eigenvalue weighted by molar-refractivity contribution is 5.50. The highest BCUT2D eigenvalue weighted by Crippen LogP contribution is 2.21. The summed E-state index contributed by atoms with van der Waals surface area (Å²) in [6.07, 6.45) is 0. The van der Waals surface area contributed by atoms with Crippen molar-refractivity contribution in [3.63, 3.8) is 0 Å². The quantitative estimate of drug-likeness (QED) is 0.895. The summed E-state index contributed by atoms with van der Waals surface area (Å²) in [6, 6.07) is 13.6. The third-order valence-electron chi connectivity index (χ3n) is 2.72. The molecule has 4 heteroatoms. The molecular weight excluding hydrogens is 226 g/mol. The van der Waals surface area contributed by atoms with E-state index < -0.39 is 0 Å². The van der Waals surface area contributed by atoms with Gasteiger partial charge in [0, 0.05) is 18.8 Å². The molecule has 2 N–H and O–H groups in total. The highest BCUT2D eigenvalue weighted by atomic mass is 16.5. The van der Waals surface area contributed by atoms with Crippen LogP contribution in [0, 0.1) is 0 Å². The fourth-order valence-electron chi connectivity index (χ4n) is 1.77. The summed E-state index contributed by atoms with van der Waals surface area (Å²) < 4.78 is 5.21. The van der Waals surface area contributed by atoms with E-state index >= 15 is 0 Å². The Morgan fingerprint density at radius 3 is 2.72 bits per heavy atom. The lowest BCUT2D eigenvalue weighted by Gasteiger charge is -2.19. The maximum absolute atomic E-state index is 5.67. The van der Waals surface area contributed by atoms with Crippen LogP contribution < -0.4 is 15.4 Å². The van der Waals surface area contributed by atoms with Crippen LogP contribution in [0.25, 0.3) is 0 Å². The Labute approximate surface area is 107 Å². The number of aromatic nitrogens is 1. The number of nitrogens with two attached hydrogens (primary N) is 1. The minimum atomic E-state index is 0.548. The molecule has 4 nitrogen and oxygen atoms in total. The molecule has 0 bridgehead atoms. The lowest BCUT2D eigenvalue weighted by Crippen LogP contribution is -2.17. The van der Waals surface area contributed by atoms with Crippen molar-refractivity contribution < 1.29 is 4.74 Å². The van der Waals surface area contributed by atoms with E-state index in [1.807, 2.05) is 43.4 Å². The number of hydrogen-bond donors (Lipinski definition) is 1. The second kappa shape index (κ2) is 5.40. The van der Waals surface area contributed by atoms with Gasteiger partial charge in [-0.25, -0.2) is 4.98 Å². The SMILES string of the molecule is COc1cccc(N(C)Cc2cccc(N)n2)c1. The Balaban J connectivity index is 2.13. The maximum atomic E-state index is 5.67. The molecule has 0 aliphatic rings. The van der Waals surface area contributed by atoms with Gasteiger partial charge in [-0.3, -0.25) is 0 Å². The van der Waals surface area contributed by atoms with Crippen LogP contribution in [0.3, 0.4) is 0 Å². The van der Waals surface area contributed by atoms with Gasteiger partial charge in [-0.1, -0.05) is 12.1 Å². The van der Waals surface area contributed by atoms with E-state index in [-0.39, 0.29) is 0 Å². The molecule has 0 saturated heterocycles. The summed E-state index contributed by atoms with van der Waals surface area (Å²) in [7, 11) is 3.68. The number of nitrogen functional groups attached to an aromatic ring is 1. The normalized spacial score (nSPS) is 10.1. The Hall–Kier alpha value is -2.23. The van der Waals surface area contributed by atoms with Crippen molar-refractivity contribution in [3.8, 4) is 5.75 Å². The van der Waals surface area contributed by atoms with Crippen molar-refractivity contribution in [1.29, 1.82) is 0 Å². The van der Waals surface area contributed by atoms with E-state index in [4.69, 9.17) is 10.5 Å². The summed E-state index contributed by atoms with van der Waals surface area (Å²) in [6.45, 7) is 0.707. The zero-order chi connectivity index (χ0) is 13.0. The molecule has 94 valence electrons. The molecule has 18 heavy (non-hydrogen) atoms. The third kappa shape index (κ3) is 2.91. The van der Waals surface area contributed by atoms with E-state index in [9.17, 15) is 0 Å². The van der Waals surface area contributed by atoms with Gasteiger partial charge in [0.05, 0.1) is 19.3 Å². The summed E-state index contributed by atoms with van der Waals surface area (Å²) in [5, 5.41) is 0. The number of benzene rings is 1. The molecule has 0 spiro atoms. The van der Waals surface area contributed by atoms with Crippen LogP contribution in [0.2, 0.25) is 0 Å². The van der Waals surface area contributed by atoms with Crippen LogP contribution >= 0.6 is 0 Å². The van der Waals surface area contributed by atoms with Gasteiger partial charge in [-0.15, -0.1) is 0 Å². The van der Waals surface area contributed by atoms with E-state index in [1.54, 1.807) is 13.2 Å². The van der Waals surface area contributed by atoms with Crippen LogP contribution in [0.1, 0.15) is 5.69 Å². The second-order valence-corrected chi connectivity index (χ2v) is 4.11. The Kier molecular flexibility index (Phi) is 3.67. The van der Waals surface area contributed by atoms with Crippen molar-refractivity contribution in [2.24, 2.45) is 0 Å². The smallest absolute Gasteiger partial charge is 0.123 e. The van der Waals surface area contributed by atoms with Crippen LogP contribution in [0.15, 0.2) is 42.5 Å². The maximum Gasteiger partial charge on any atom is 0.123 e. The zero-order valence-electron chi connectivity index (χ0n) is 10.6.